The van der Waals surface area contributed by atoms with Gasteiger partial charge in [-0.1, -0.05) is 43.6 Å². The fraction of sp³-hybridized carbons (Fsp3) is 0.462. The predicted molar refractivity (Wildman–Crippen MR) is 70.9 cm³/mol. The molecule has 4 heteroatoms. The van der Waals surface area contributed by atoms with Crippen molar-refractivity contribution in [2.24, 2.45) is 11.7 Å². The van der Waals surface area contributed by atoms with Crippen molar-refractivity contribution in [2.75, 3.05) is 13.6 Å². The summed E-state index contributed by atoms with van der Waals surface area (Å²) in [6.07, 6.45) is 0. The van der Waals surface area contributed by atoms with Gasteiger partial charge in [-0.2, -0.15) is 0 Å². The predicted octanol–water partition coefficient (Wildman–Crippen LogP) is 2.45. The molecule has 0 heterocycles. The topological polar surface area (TPSA) is 46.3 Å². The lowest BCUT2D eigenvalue weighted by Crippen LogP contribution is -2.36. The average molecular weight is 255 g/mol. The van der Waals surface area contributed by atoms with Gasteiger partial charge in [0.05, 0.1) is 6.54 Å². The number of benzene rings is 1. The van der Waals surface area contributed by atoms with Crippen LogP contribution >= 0.6 is 11.6 Å². The summed E-state index contributed by atoms with van der Waals surface area (Å²) in [5, 5.41) is 0.725. The second kappa shape index (κ2) is 6.03. The van der Waals surface area contributed by atoms with Crippen molar-refractivity contribution in [3.63, 3.8) is 0 Å². The Kier molecular flexibility index (Phi) is 4.97. The number of nitrogens with two attached hydrogens (primary N) is 1. The molecule has 1 rings (SSSR count). The maximum atomic E-state index is 11.0. The molecule has 17 heavy (non-hydrogen) atoms. The Balaban J connectivity index is 3.01. The largest absolute Gasteiger partial charge is 0.369 e. The van der Waals surface area contributed by atoms with E-state index in [1.54, 1.807) is 0 Å². The van der Waals surface area contributed by atoms with Gasteiger partial charge < -0.3 is 5.73 Å². The summed E-state index contributed by atoms with van der Waals surface area (Å²) >= 11 is 6.20. The number of likely N-dealkylation sites (N-methyl/N-ethyl adjacent to an activating group) is 1. The minimum Gasteiger partial charge on any atom is -0.369 e. The van der Waals surface area contributed by atoms with Crippen molar-refractivity contribution >= 4 is 17.5 Å². The van der Waals surface area contributed by atoms with E-state index < -0.39 is 0 Å². The van der Waals surface area contributed by atoms with Gasteiger partial charge in [0.2, 0.25) is 5.91 Å². The van der Waals surface area contributed by atoms with Crippen LogP contribution in [0.3, 0.4) is 0 Å². The van der Waals surface area contributed by atoms with E-state index in [2.05, 4.69) is 13.8 Å². The van der Waals surface area contributed by atoms with Crippen molar-refractivity contribution in [3.8, 4) is 0 Å². The Morgan fingerprint density at radius 2 is 2.00 bits per heavy atom. The van der Waals surface area contributed by atoms with Gasteiger partial charge in [-0.15, -0.1) is 0 Å². The van der Waals surface area contributed by atoms with Crippen molar-refractivity contribution in [1.29, 1.82) is 0 Å². The Labute approximate surface area is 108 Å². The van der Waals surface area contributed by atoms with Crippen LogP contribution in [0.5, 0.6) is 0 Å². The van der Waals surface area contributed by atoms with E-state index in [-0.39, 0.29) is 18.5 Å². The van der Waals surface area contributed by atoms with Crippen LogP contribution in [0, 0.1) is 5.92 Å². The Morgan fingerprint density at radius 3 is 2.47 bits per heavy atom. The molecule has 0 saturated carbocycles. The molecule has 0 radical (unpaired) electrons. The molecule has 0 fully saturated rings. The molecule has 0 aliphatic heterocycles. The van der Waals surface area contributed by atoms with E-state index in [9.17, 15) is 4.79 Å². The van der Waals surface area contributed by atoms with Crippen LogP contribution in [0.2, 0.25) is 5.02 Å². The van der Waals surface area contributed by atoms with Crippen molar-refractivity contribution in [1.82, 2.24) is 4.90 Å². The highest BCUT2D eigenvalue weighted by Gasteiger charge is 2.23. The first kappa shape index (κ1) is 14.0. The molecule has 1 atom stereocenters. The third-order valence-corrected chi connectivity index (χ3v) is 3.08. The van der Waals surface area contributed by atoms with Gasteiger partial charge in [-0.05, 0) is 24.6 Å². The third-order valence-electron chi connectivity index (χ3n) is 2.74. The Morgan fingerprint density at radius 1 is 1.41 bits per heavy atom. The number of carbonyl (C=O) groups excluding carboxylic acids is 1. The van der Waals surface area contributed by atoms with Crippen LogP contribution in [0.4, 0.5) is 0 Å². The summed E-state index contributed by atoms with van der Waals surface area (Å²) in [5.41, 5.74) is 6.27. The van der Waals surface area contributed by atoms with Gasteiger partial charge in [0.25, 0.3) is 0 Å². The zero-order valence-electron chi connectivity index (χ0n) is 10.5. The molecule has 0 bridgehead atoms. The zero-order chi connectivity index (χ0) is 13.0. The fourth-order valence-electron chi connectivity index (χ4n) is 2.16. The molecular weight excluding hydrogens is 236 g/mol. The van der Waals surface area contributed by atoms with Crippen LogP contribution in [-0.4, -0.2) is 24.4 Å². The molecular formula is C13H19ClN2O. The summed E-state index contributed by atoms with van der Waals surface area (Å²) in [6.45, 7) is 4.44. The van der Waals surface area contributed by atoms with Gasteiger partial charge in [-0.25, -0.2) is 0 Å². The highest BCUT2D eigenvalue weighted by molar-refractivity contribution is 6.31. The zero-order valence-corrected chi connectivity index (χ0v) is 11.2. The number of nitrogens with zero attached hydrogens (tertiary/aromatic N) is 1. The normalized spacial score (nSPS) is 13.1. The minimum absolute atomic E-state index is 0.0937. The molecule has 3 nitrogen and oxygen atoms in total. The second-order valence-corrected chi connectivity index (χ2v) is 5.00. The number of primary amides is 1. The van der Waals surface area contributed by atoms with E-state index >= 15 is 0 Å². The maximum absolute atomic E-state index is 11.0. The van der Waals surface area contributed by atoms with Crippen molar-refractivity contribution < 1.29 is 4.79 Å². The quantitative estimate of drug-likeness (QED) is 0.877. The summed E-state index contributed by atoms with van der Waals surface area (Å²) in [6, 6.07) is 7.80. The van der Waals surface area contributed by atoms with E-state index in [4.69, 9.17) is 17.3 Å². The lowest BCUT2D eigenvalue weighted by atomic mass is 9.94. The Bertz CT molecular complexity index is 393. The van der Waals surface area contributed by atoms with Crippen LogP contribution in [0.25, 0.3) is 0 Å². The highest BCUT2D eigenvalue weighted by Crippen LogP contribution is 2.32. The summed E-state index contributed by atoms with van der Waals surface area (Å²) in [4.78, 5) is 12.9. The van der Waals surface area contributed by atoms with Gasteiger partial charge >= 0.3 is 0 Å². The summed E-state index contributed by atoms with van der Waals surface area (Å²) in [5.74, 6) is 0.0180. The number of halogens is 1. The van der Waals surface area contributed by atoms with Crippen LogP contribution in [0.15, 0.2) is 24.3 Å². The Hall–Kier alpha value is -1.06. The molecule has 94 valence electrons. The van der Waals surface area contributed by atoms with Crippen molar-refractivity contribution in [3.05, 3.63) is 34.9 Å². The molecule has 0 saturated heterocycles. The first-order chi connectivity index (χ1) is 7.93. The highest BCUT2D eigenvalue weighted by atomic mass is 35.5. The molecule has 0 unspecified atom stereocenters. The van der Waals surface area contributed by atoms with Gasteiger partial charge in [0.15, 0.2) is 0 Å². The molecule has 2 N–H and O–H groups in total. The molecule has 1 amide bonds. The van der Waals surface area contributed by atoms with Gasteiger partial charge in [-0.3, -0.25) is 9.69 Å². The van der Waals surface area contributed by atoms with E-state index in [0.29, 0.717) is 5.92 Å². The molecule has 1 aromatic carbocycles. The summed E-state index contributed by atoms with van der Waals surface area (Å²) < 4.78 is 0. The molecule has 0 aromatic heterocycles. The molecule has 1 aromatic rings. The molecule has 0 spiro atoms. The van der Waals surface area contributed by atoms with Crippen LogP contribution in [-0.2, 0) is 4.79 Å². The first-order valence-corrected chi connectivity index (χ1v) is 6.04. The summed E-state index contributed by atoms with van der Waals surface area (Å²) in [7, 11) is 1.89. The monoisotopic (exact) mass is 254 g/mol. The average Bonchev–Trinajstić information content (AvgIpc) is 2.19. The smallest absolute Gasteiger partial charge is 0.231 e. The maximum Gasteiger partial charge on any atom is 0.231 e. The van der Waals surface area contributed by atoms with Crippen molar-refractivity contribution in [2.45, 2.75) is 19.9 Å². The minimum atomic E-state index is -0.329. The van der Waals surface area contributed by atoms with Crippen LogP contribution < -0.4 is 5.73 Å². The number of amides is 1. The molecule has 0 aliphatic rings. The third kappa shape index (κ3) is 3.72. The fourth-order valence-corrected chi connectivity index (χ4v) is 2.41. The van der Waals surface area contributed by atoms with E-state index in [1.807, 2.05) is 36.2 Å². The lowest BCUT2D eigenvalue weighted by Gasteiger charge is -2.31. The SMILES string of the molecule is CC(C)[C@H](c1ccccc1Cl)N(C)CC(N)=O. The van der Waals surface area contributed by atoms with E-state index in [1.165, 1.54) is 0 Å². The van der Waals surface area contributed by atoms with E-state index in [0.717, 1.165) is 10.6 Å². The number of hydrogen-bond acceptors (Lipinski definition) is 2. The van der Waals surface area contributed by atoms with Gasteiger partial charge in [0.1, 0.15) is 0 Å². The molecule has 0 aliphatic carbocycles. The first-order valence-electron chi connectivity index (χ1n) is 5.66. The number of carbonyl (C=O) groups is 1. The van der Waals surface area contributed by atoms with Crippen LogP contribution in [0.1, 0.15) is 25.5 Å². The number of rotatable bonds is 5. The second-order valence-electron chi connectivity index (χ2n) is 4.59. The lowest BCUT2D eigenvalue weighted by molar-refractivity contribution is -0.119. The van der Waals surface area contributed by atoms with Gasteiger partial charge in [0, 0.05) is 11.1 Å². The standard InChI is InChI=1S/C13H19ClN2O/c1-9(2)13(16(3)8-12(15)17)10-6-4-5-7-11(10)14/h4-7,9,13H,8H2,1-3H3,(H2,15,17)/t13-/m1/s1. The number of hydrogen-bond donors (Lipinski definition) is 1.